The van der Waals surface area contributed by atoms with Gasteiger partial charge in [0.2, 0.25) is 0 Å². The zero-order valence-electron chi connectivity index (χ0n) is 15.8. The van der Waals surface area contributed by atoms with Gasteiger partial charge in [0.15, 0.2) is 0 Å². The van der Waals surface area contributed by atoms with Gasteiger partial charge in [-0.05, 0) is 55.8 Å². The topological polar surface area (TPSA) is 27.7 Å². The predicted molar refractivity (Wildman–Crippen MR) is 102 cm³/mol. The van der Waals surface area contributed by atoms with Crippen molar-refractivity contribution < 1.29 is 4.74 Å². The fourth-order valence-electron chi connectivity index (χ4n) is 5.09. The first-order valence-electron chi connectivity index (χ1n) is 10.0. The van der Waals surface area contributed by atoms with Crippen molar-refractivity contribution in [1.29, 1.82) is 0 Å². The Labute approximate surface area is 152 Å². The molecule has 3 fully saturated rings. The van der Waals surface area contributed by atoms with Crippen LogP contribution in [0.2, 0.25) is 0 Å². The van der Waals surface area contributed by atoms with E-state index in [-0.39, 0.29) is 0 Å². The van der Waals surface area contributed by atoms with Crippen molar-refractivity contribution >= 4 is 0 Å². The molecule has 1 N–H and O–H groups in total. The number of ether oxygens (including phenoxy) is 1. The first kappa shape index (κ1) is 17.3. The maximum atomic E-state index is 5.35. The number of hydrogen-bond acceptors (Lipinski definition) is 4. The minimum Gasteiger partial charge on any atom is -0.497 e. The molecule has 1 heterocycles. The van der Waals surface area contributed by atoms with E-state index in [1.165, 1.54) is 57.4 Å². The third-order valence-electron chi connectivity index (χ3n) is 6.71. The van der Waals surface area contributed by atoms with Gasteiger partial charge in [-0.25, -0.2) is 0 Å². The zero-order chi connectivity index (χ0) is 17.2. The van der Waals surface area contributed by atoms with Crippen LogP contribution >= 0.6 is 0 Å². The van der Waals surface area contributed by atoms with E-state index in [1.807, 2.05) is 0 Å². The van der Waals surface area contributed by atoms with Gasteiger partial charge >= 0.3 is 0 Å². The SMILES string of the molecule is COc1ccc([C@@H](CN2CCN(C)CC2)N[C@@H]2C[C@H]3CC[C@H]2C3)cc1. The lowest BCUT2D eigenvalue weighted by Gasteiger charge is -2.37. The molecule has 4 heteroatoms. The van der Waals surface area contributed by atoms with Gasteiger partial charge in [0.25, 0.3) is 0 Å². The summed E-state index contributed by atoms with van der Waals surface area (Å²) < 4.78 is 5.35. The van der Waals surface area contributed by atoms with Gasteiger partial charge in [-0.3, -0.25) is 4.90 Å². The van der Waals surface area contributed by atoms with E-state index in [2.05, 4.69) is 46.4 Å². The molecule has 138 valence electrons. The number of likely N-dealkylation sites (N-methyl/N-ethyl adjacent to an activating group) is 1. The number of nitrogens with zero attached hydrogens (tertiary/aromatic N) is 2. The molecule has 0 amide bonds. The van der Waals surface area contributed by atoms with Crippen molar-refractivity contribution in [2.45, 2.75) is 37.8 Å². The minimum absolute atomic E-state index is 0.429. The summed E-state index contributed by atoms with van der Waals surface area (Å²) in [5.41, 5.74) is 1.41. The number of rotatable bonds is 6. The Balaban J connectivity index is 1.45. The van der Waals surface area contributed by atoms with Gasteiger partial charge in [0.05, 0.1) is 7.11 Å². The molecule has 1 aromatic rings. The van der Waals surface area contributed by atoms with Crippen LogP contribution in [-0.4, -0.2) is 62.7 Å². The minimum atomic E-state index is 0.429. The Kier molecular flexibility index (Phi) is 5.30. The summed E-state index contributed by atoms with van der Waals surface area (Å²) in [6, 6.07) is 9.86. The maximum absolute atomic E-state index is 5.35. The van der Waals surface area contributed by atoms with Gasteiger partial charge in [-0.2, -0.15) is 0 Å². The molecule has 0 spiro atoms. The first-order valence-corrected chi connectivity index (χ1v) is 10.0. The van der Waals surface area contributed by atoms with Crippen molar-refractivity contribution in [2.24, 2.45) is 11.8 Å². The molecule has 1 saturated heterocycles. The largest absolute Gasteiger partial charge is 0.497 e. The van der Waals surface area contributed by atoms with Crippen molar-refractivity contribution in [3.63, 3.8) is 0 Å². The van der Waals surface area contributed by atoms with Crippen molar-refractivity contribution in [3.8, 4) is 5.75 Å². The molecule has 1 aromatic carbocycles. The lowest BCUT2D eigenvalue weighted by Crippen LogP contribution is -2.48. The second-order valence-corrected chi connectivity index (χ2v) is 8.38. The Hall–Kier alpha value is -1.10. The lowest BCUT2D eigenvalue weighted by molar-refractivity contribution is 0.137. The monoisotopic (exact) mass is 343 g/mol. The molecular formula is C21H33N3O. The molecule has 0 unspecified atom stereocenters. The van der Waals surface area contributed by atoms with Gasteiger partial charge in [-0.1, -0.05) is 18.6 Å². The highest BCUT2D eigenvalue weighted by molar-refractivity contribution is 5.29. The molecule has 4 nitrogen and oxygen atoms in total. The second-order valence-electron chi connectivity index (χ2n) is 8.38. The van der Waals surface area contributed by atoms with Gasteiger partial charge in [0.1, 0.15) is 5.75 Å². The highest BCUT2D eigenvalue weighted by Gasteiger charge is 2.40. The molecular weight excluding hydrogens is 310 g/mol. The average Bonchev–Trinajstić information content (AvgIpc) is 3.26. The summed E-state index contributed by atoms with van der Waals surface area (Å²) in [5.74, 6) is 2.85. The molecule has 4 atom stereocenters. The quantitative estimate of drug-likeness (QED) is 0.860. The number of piperazine rings is 1. The highest BCUT2D eigenvalue weighted by Crippen LogP contribution is 2.45. The second kappa shape index (κ2) is 7.65. The van der Waals surface area contributed by atoms with E-state index in [1.54, 1.807) is 7.11 Å². The van der Waals surface area contributed by atoms with Crippen LogP contribution in [0, 0.1) is 11.8 Å². The molecule has 2 aliphatic carbocycles. The van der Waals surface area contributed by atoms with E-state index in [9.17, 15) is 0 Å². The van der Waals surface area contributed by atoms with E-state index >= 15 is 0 Å². The van der Waals surface area contributed by atoms with Gasteiger partial charge in [0, 0.05) is 44.8 Å². The predicted octanol–water partition coefficient (Wildman–Crippen LogP) is 2.76. The fraction of sp³-hybridized carbons (Fsp3) is 0.714. The summed E-state index contributed by atoms with van der Waals surface area (Å²) in [5, 5.41) is 4.06. The van der Waals surface area contributed by atoms with Crippen LogP contribution < -0.4 is 10.1 Å². The van der Waals surface area contributed by atoms with Crippen LogP contribution in [0.1, 0.15) is 37.3 Å². The smallest absolute Gasteiger partial charge is 0.118 e. The number of methoxy groups -OCH3 is 1. The highest BCUT2D eigenvalue weighted by atomic mass is 16.5. The summed E-state index contributed by atoms with van der Waals surface area (Å²) in [4.78, 5) is 5.07. The van der Waals surface area contributed by atoms with E-state index in [0.717, 1.165) is 30.2 Å². The third kappa shape index (κ3) is 4.02. The Bertz CT molecular complexity index is 553. The molecule has 1 aliphatic heterocycles. The van der Waals surface area contributed by atoms with Crippen LogP contribution in [-0.2, 0) is 0 Å². The number of nitrogens with one attached hydrogen (secondary N) is 1. The average molecular weight is 344 g/mol. The van der Waals surface area contributed by atoms with Crippen molar-refractivity contribution in [2.75, 3.05) is 46.9 Å². The summed E-state index contributed by atoms with van der Waals surface area (Å²) in [6.45, 7) is 5.85. The van der Waals surface area contributed by atoms with Crippen LogP contribution in [0.3, 0.4) is 0 Å². The Morgan fingerprint density at radius 2 is 1.84 bits per heavy atom. The van der Waals surface area contributed by atoms with Crippen LogP contribution in [0.4, 0.5) is 0 Å². The molecule has 0 aromatic heterocycles. The molecule has 2 saturated carbocycles. The Morgan fingerprint density at radius 1 is 1.08 bits per heavy atom. The normalized spacial score (nSPS) is 31.4. The Morgan fingerprint density at radius 3 is 2.44 bits per heavy atom. The van der Waals surface area contributed by atoms with Crippen LogP contribution in [0.15, 0.2) is 24.3 Å². The maximum Gasteiger partial charge on any atom is 0.118 e. The van der Waals surface area contributed by atoms with Crippen LogP contribution in [0.25, 0.3) is 0 Å². The van der Waals surface area contributed by atoms with E-state index in [4.69, 9.17) is 4.74 Å². The van der Waals surface area contributed by atoms with E-state index < -0.39 is 0 Å². The summed E-state index contributed by atoms with van der Waals surface area (Å²) in [7, 11) is 3.97. The molecule has 3 aliphatic rings. The van der Waals surface area contributed by atoms with Crippen LogP contribution in [0.5, 0.6) is 5.75 Å². The van der Waals surface area contributed by atoms with Gasteiger partial charge in [-0.15, -0.1) is 0 Å². The molecule has 25 heavy (non-hydrogen) atoms. The summed E-state index contributed by atoms with van der Waals surface area (Å²) >= 11 is 0. The standard InChI is InChI=1S/C21H33N3O/c1-23-9-11-24(12-10-23)15-21(17-5-7-19(25-2)8-6-17)22-20-14-16-3-4-18(20)13-16/h5-8,16,18,20-22H,3-4,9-15H2,1-2H3/t16-,18-,20+,21+/m0/s1. The molecule has 0 radical (unpaired) electrons. The molecule has 2 bridgehead atoms. The number of fused-ring (bicyclic) bond motifs is 2. The summed E-state index contributed by atoms with van der Waals surface area (Å²) in [6.07, 6.45) is 5.75. The third-order valence-corrected chi connectivity index (χ3v) is 6.71. The van der Waals surface area contributed by atoms with E-state index in [0.29, 0.717) is 6.04 Å². The number of benzene rings is 1. The molecule has 4 rings (SSSR count). The van der Waals surface area contributed by atoms with Crippen molar-refractivity contribution in [3.05, 3.63) is 29.8 Å². The number of hydrogen-bond donors (Lipinski definition) is 1. The fourth-order valence-corrected chi connectivity index (χ4v) is 5.09. The zero-order valence-corrected chi connectivity index (χ0v) is 15.8. The first-order chi connectivity index (χ1) is 12.2. The van der Waals surface area contributed by atoms with Gasteiger partial charge < -0.3 is 15.0 Å². The van der Waals surface area contributed by atoms with Crippen molar-refractivity contribution in [1.82, 2.24) is 15.1 Å². The lowest BCUT2D eigenvalue weighted by atomic mass is 9.93.